The third-order valence-corrected chi connectivity index (χ3v) is 7.47. The minimum Gasteiger partial charge on any atom is -0.340 e. The molecule has 1 spiro atoms. The second kappa shape index (κ2) is 8.25. The van der Waals surface area contributed by atoms with Crippen LogP contribution >= 0.6 is 0 Å². The van der Waals surface area contributed by atoms with Crippen molar-refractivity contribution in [2.45, 2.75) is 37.9 Å². The van der Waals surface area contributed by atoms with Crippen LogP contribution in [0.25, 0.3) is 0 Å². The summed E-state index contributed by atoms with van der Waals surface area (Å²) in [5.41, 5.74) is 2.04. The zero-order valence-electron chi connectivity index (χ0n) is 20.1. The Balaban J connectivity index is 1.52. The number of carbonyl (C=O) groups excluding carboxylic acids is 2. The molecule has 1 aromatic heterocycles. The molecular formula is C25H34N6O2. The number of amides is 2. The van der Waals surface area contributed by atoms with Crippen LogP contribution in [0.5, 0.6) is 0 Å². The Labute approximate surface area is 195 Å². The van der Waals surface area contributed by atoms with Crippen molar-refractivity contribution in [2.75, 3.05) is 46.3 Å². The molecule has 176 valence electrons. The number of likely N-dealkylation sites (N-methyl/N-ethyl adjacent to an activating group) is 1. The maximum atomic E-state index is 14.1. The second-order valence-electron chi connectivity index (χ2n) is 10.1. The molecule has 3 aliphatic heterocycles. The van der Waals surface area contributed by atoms with Gasteiger partial charge in [-0.1, -0.05) is 18.2 Å². The fraction of sp³-hybridized carbons (Fsp3) is 0.560. The molecule has 5 rings (SSSR count). The Morgan fingerprint density at radius 3 is 2.42 bits per heavy atom. The van der Waals surface area contributed by atoms with Gasteiger partial charge in [-0.15, -0.1) is 0 Å². The van der Waals surface area contributed by atoms with Crippen molar-refractivity contribution in [2.24, 2.45) is 7.05 Å². The molecule has 2 saturated heterocycles. The average Bonchev–Trinajstić information content (AvgIpc) is 3.17. The van der Waals surface area contributed by atoms with Crippen LogP contribution in [-0.2, 0) is 18.4 Å². The van der Waals surface area contributed by atoms with E-state index in [1.807, 2.05) is 58.1 Å². The van der Waals surface area contributed by atoms with Gasteiger partial charge in [-0.3, -0.25) is 19.2 Å². The van der Waals surface area contributed by atoms with Crippen LogP contribution in [0.2, 0.25) is 0 Å². The predicted molar refractivity (Wildman–Crippen MR) is 126 cm³/mol. The molecule has 1 unspecified atom stereocenters. The van der Waals surface area contributed by atoms with Crippen LogP contribution in [0, 0.1) is 0 Å². The van der Waals surface area contributed by atoms with Gasteiger partial charge in [-0.25, -0.2) is 0 Å². The predicted octanol–water partition coefficient (Wildman–Crippen LogP) is 1.40. The minimum atomic E-state index is -0.533. The normalized spacial score (nSPS) is 23.2. The molecule has 0 N–H and O–H groups in total. The van der Waals surface area contributed by atoms with Crippen LogP contribution in [0.15, 0.2) is 36.5 Å². The summed E-state index contributed by atoms with van der Waals surface area (Å²) in [4.78, 5) is 36.4. The van der Waals surface area contributed by atoms with Crippen molar-refractivity contribution in [1.29, 1.82) is 0 Å². The van der Waals surface area contributed by atoms with E-state index in [1.165, 1.54) is 0 Å². The second-order valence-corrected chi connectivity index (χ2v) is 10.1. The van der Waals surface area contributed by atoms with Crippen molar-refractivity contribution in [1.82, 2.24) is 29.4 Å². The first-order valence-electron chi connectivity index (χ1n) is 11.9. The van der Waals surface area contributed by atoms with E-state index in [0.29, 0.717) is 18.7 Å². The molecule has 2 aromatic rings. The summed E-state index contributed by atoms with van der Waals surface area (Å²) in [6.07, 6.45) is 1.95. The zero-order valence-corrected chi connectivity index (χ0v) is 20.1. The highest BCUT2D eigenvalue weighted by molar-refractivity contribution is 6.02. The fourth-order valence-corrected chi connectivity index (χ4v) is 5.98. The summed E-state index contributed by atoms with van der Waals surface area (Å²) in [5, 5.41) is 4.52. The number of carbonyl (C=O) groups is 2. The fourth-order valence-electron chi connectivity index (χ4n) is 5.98. The molecule has 2 amide bonds. The first-order chi connectivity index (χ1) is 15.8. The van der Waals surface area contributed by atoms with E-state index in [9.17, 15) is 9.59 Å². The number of aryl methyl sites for hydroxylation is 1. The van der Waals surface area contributed by atoms with Crippen LogP contribution in [-0.4, -0.2) is 99.1 Å². The number of hydrogen-bond donors (Lipinski definition) is 0. The van der Waals surface area contributed by atoms with Crippen molar-refractivity contribution < 1.29 is 9.59 Å². The summed E-state index contributed by atoms with van der Waals surface area (Å²) in [6, 6.07) is 9.77. The molecule has 0 saturated carbocycles. The average molecular weight is 451 g/mol. The number of fused-ring (bicyclic) bond motifs is 1. The van der Waals surface area contributed by atoms with Crippen molar-refractivity contribution >= 4 is 11.8 Å². The smallest absolute Gasteiger partial charge is 0.254 e. The minimum absolute atomic E-state index is 0.00523. The van der Waals surface area contributed by atoms with Crippen molar-refractivity contribution in [3.8, 4) is 0 Å². The maximum absolute atomic E-state index is 14.1. The highest BCUT2D eigenvalue weighted by Crippen LogP contribution is 2.48. The van der Waals surface area contributed by atoms with Crippen LogP contribution in [0.3, 0.4) is 0 Å². The van der Waals surface area contributed by atoms with Crippen molar-refractivity contribution in [3.63, 3.8) is 0 Å². The highest BCUT2D eigenvalue weighted by Gasteiger charge is 2.61. The lowest BCUT2D eigenvalue weighted by Gasteiger charge is -2.62. The molecular weight excluding hydrogens is 416 g/mol. The SMILES string of the molecule is CC(C)N1C(=O)c2ccccc2C(C(=O)N2CCN(C)CC2)C12CN(Cc1ccn(C)n1)C2. The Hall–Kier alpha value is -2.71. The van der Waals surface area contributed by atoms with Gasteiger partial charge in [-0.2, -0.15) is 5.10 Å². The topological polar surface area (TPSA) is 64.9 Å². The third-order valence-electron chi connectivity index (χ3n) is 7.47. The van der Waals surface area contributed by atoms with E-state index in [4.69, 9.17) is 0 Å². The number of nitrogens with zero attached hydrogens (tertiary/aromatic N) is 6. The van der Waals surface area contributed by atoms with E-state index < -0.39 is 5.54 Å². The van der Waals surface area contributed by atoms with Gasteiger partial charge >= 0.3 is 0 Å². The van der Waals surface area contributed by atoms with Crippen LogP contribution in [0.1, 0.15) is 41.4 Å². The van der Waals surface area contributed by atoms with Gasteiger partial charge in [0.25, 0.3) is 5.91 Å². The lowest BCUT2D eigenvalue weighted by molar-refractivity contribution is -0.146. The molecule has 3 aliphatic rings. The number of benzene rings is 1. The standard InChI is InChI=1S/C25H34N6O2/c1-18(2)31-23(32)21-8-6-5-7-20(21)22(24(33)30-13-11-27(3)12-14-30)25(31)16-29(17-25)15-19-9-10-28(4)26-19/h5-10,18,22H,11-17H2,1-4H3. The van der Waals surface area contributed by atoms with Crippen molar-refractivity contribution in [3.05, 3.63) is 53.3 Å². The largest absolute Gasteiger partial charge is 0.340 e. The lowest BCUT2D eigenvalue weighted by atomic mass is 9.67. The number of rotatable bonds is 4. The summed E-state index contributed by atoms with van der Waals surface area (Å²) in [7, 11) is 4.02. The van der Waals surface area contributed by atoms with Gasteiger partial charge in [0.05, 0.1) is 17.2 Å². The molecule has 0 radical (unpaired) electrons. The number of likely N-dealkylation sites (tertiary alicyclic amines) is 1. The first-order valence-corrected chi connectivity index (χ1v) is 11.9. The first kappa shape index (κ1) is 22.1. The maximum Gasteiger partial charge on any atom is 0.254 e. The van der Waals surface area contributed by atoms with Gasteiger partial charge in [0, 0.05) is 70.7 Å². The van der Waals surface area contributed by atoms with Gasteiger partial charge in [0.1, 0.15) is 0 Å². The van der Waals surface area contributed by atoms with E-state index in [1.54, 1.807) is 0 Å². The molecule has 0 aliphatic carbocycles. The van der Waals surface area contributed by atoms with E-state index >= 15 is 0 Å². The number of aromatic nitrogens is 2. The third kappa shape index (κ3) is 3.65. The Bertz CT molecular complexity index is 1050. The number of hydrogen-bond acceptors (Lipinski definition) is 5. The molecule has 8 heteroatoms. The molecule has 8 nitrogen and oxygen atoms in total. The summed E-state index contributed by atoms with van der Waals surface area (Å²) in [6.45, 7) is 9.42. The monoisotopic (exact) mass is 450 g/mol. The number of piperazine rings is 1. The van der Waals surface area contributed by atoms with E-state index in [2.05, 4.69) is 35.8 Å². The summed E-state index contributed by atoms with van der Waals surface area (Å²) >= 11 is 0. The van der Waals surface area contributed by atoms with E-state index in [-0.39, 0.29) is 23.8 Å². The molecule has 1 aromatic carbocycles. The summed E-state index contributed by atoms with van der Waals surface area (Å²) < 4.78 is 1.81. The molecule has 0 bridgehead atoms. The van der Waals surface area contributed by atoms with Gasteiger partial charge in [0.15, 0.2) is 0 Å². The zero-order chi connectivity index (χ0) is 23.3. The molecule has 2 fully saturated rings. The Morgan fingerprint density at radius 2 is 1.79 bits per heavy atom. The highest BCUT2D eigenvalue weighted by atomic mass is 16.2. The summed E-state index contributed by atoms with van der Waals surface area (Å²) in [5.74, 6) is -0.149. The van der Waals surface area contributed by atoms with Crippen LogP contribution in [0.4, 0.5) is 0 Å². The quantitative estimate of drug-likeness (QED) is 0.705. The Kier molecular flexibility index (Phi) is 5.53. The lowest BCUT2D eigenvalue weighted by Crippen LogP contribution is -2.77. The molecule has 4 heterocycles. The molecule has 1 atom stereocenters. The van der Waals surface area contributed by atoms with Gasteiger partial charge in [0.2, 0.25) is 5.91 Å². The molecule has 33 heavy (non-hydrogen) atoms. The van der Waals surface area contributed by atoms with Gasteiger partial charge in [-0.05, 0) is 38.6 Å². The Morgan fingerprint density at radius 1 is 1.09 bits per heavy atom. The van der Waals surface area contributed by atoms with E-state index in [0.717, 1.165) is 44.0 Å². The van der Waals surface area contributed by atoms with Crippen LogP contribution < -0.4 is 0 Å². The van der Waals surface area contributed by atoms with Gasteiger partial charge < -0.3 is 14.7 Å².